The Bertz CT molecular complexity index is 330. The van der Waals surface area contributed by atoms with Crippen LogP contribution in [0.15, 0.2) is 23.9 Å². The van der Waals surface area contributed by atoms with Gasteiger partial charge in [-0.1, -0.05) is 24.0 Å². The lowest BCUT2D eigenvalue weighted by molar-refractivity contribution is 0.910. The van der Waals surface area contributed by atoms with Crippen LogP contribution in [0.4, 0.5) is 0 Å². The van der Waals surface area contributed by atoms with Crippen LogP contribution < -0.4 is 10.6 Å². The second-order valence-electron chi connectivity index (χ2n) is 2.61. The molecule has 1 fully saturated rings. The van der Waals surface area contributed by atoms with Gasteiger partial charge in [-0.05, 0) is 18.3 Å². The number of thiocarbonyl (C=S) groups is 1. The van der Waals surface area contributed by atoms with Crippen molar-refractivity contribution in [1.82, 2.24) is 10.6 Å². The van der Waals surface area contributed by atoms with Crippen molar-refractivity contribution in [1.29, 1.82) is 0 Å². The summed E-state index contributed by atoms with van der Waals surface area (Å²) in [4.78, 5) is 0. The molecule has 1 aliphatic heterocycles. The predicted octanol–water partition coefficient (Wildman–Crippen LogP) is 0.680. The zero-order chi connectivity index (χ0) is 8.39. The summed E-state index contributed by atoms with van der Waals surface area (Å²) in [5.74, 6) is 6.12. The zero-order valence-electron chi connectivity index (χ0n) is 6.42. The lowest BCUT2D eigenvalue weighted by Gasteiger charge is -2.02. The van der Waals surface area contributed by atoms with E-state index >= 15 is 0 Å². The second-order valence-corrected chi connectivity index (χ2v) is 3.02. The van der Waals surface area contributed by atoms with Crippen molar-refractivity contribution in [2.45, 2.75) is 12.5 Å². The largest absolute Gasteiger partial charge is 0.344 e. The van der Waals surface area contributed by atoms with Crippen molar-refractivity contribution in [3.63, 3.8) is 0 Å². The van der Waals surface area contributed by atoms with E-state index in [0.29, 0.717) is 5.11 Å². The summed E-state index contributed by atoms with van der Waals surface area (Å²) in [6.45, 7) is 0. The highest BCUT2D eigenvalue weighted by atomic mass is 32.1. The molecular formula is C9H8N2S. The van der Waals surface area contributed by atoms with Gasteiger partial charge in [-0.15, -0.1) is 0 Å². The molecule has 0 aromatic heterocycles. The van der Waals surface area contributed by atoms with Gasteiger partial charge in [0.15, 0.2) is 5.11 Å². The van der Waals surface area contributed by atoms with Crippen LogP contribution in [0.25, 0.3) is 0 Å². The Morgan fingerprint density at radius 3 is 3.42 bits per heavy atom. The van der Waals surface area contributed by atoms with Gasteiger partial charge in [-0.2, -0.15) is 0 Å². The molecule has 3 heteroatoms. The number of allylic oxidation sites excluding steroid dienone is 3. The van der Waals surface area contributed by atoms with Crippen LogP contribution in [0.5, 0.6) is 0 Å². The molecule has 1 aliphatic carbocycles. The first-order valence-corrected chi connectivity index (χ1v) is 4.20. The van der Waals surface area contributed by atoms with E-state index in [-0.39, 0.29) is 6.04 Å². The highest BCUT2D eigenvalue weighted by molar-refractivity contribution is 7.80. The molecule has 2 rings (SSSR count). The van der Waals surface area contributed by atoms with Crippen LogP contribution in [0, 0.1) is 11.8 Å². The molecule has 1 atom stereocenters. The highest BCUT2D eigenvalue weighted by Crippen LogP contribution is 2.06. The third-order valence-electron chi connectivity index (χ3n) is 1.72. The van der Waals surface area contributed by atoms with E-state index in [1.165, 1.54) is 0 Å². The summed E-state index contributed by atoms with van der Waals surface area (Å²) in [5, 5.41) is 6.78. The zero-order valence-corrected chi connectivity index (χ0v) is 7.24. The molecule has 1 unspecified atom stereocenters. The molecule has 60 valence electrons. The Labute approximate surface area is 76.7 Å². The SMILES string of the molecule is S=C1NC2=C/C=C\CC#CC2N1. The van der Waals surface area contributed by atoms with Crippen molar-refractivity contribution in [2.24, 2.45) is 0 Å². The molecule has 2 aliphatic rings. The lowest BCUT2D eigenvalue weighted by Crippen LogP contribution is -2.24. The molecule has 1 heterocycles. The Hall–Kier alpha value is -1.27. The Morgan fingerprint density at radius 1 is 1.58 bits per heavy atom. The molecule has 0 radical (unpaired) electrons. The molecule has 0 saturated carbocycles. The molecule has 0 spiro atoms. The minimum absolute atomic E-state index is 0.0717. The molecule has 2 nitrogen and oxygen atoms in total. The molecule has 0 aromatic rings. The van der Waals surface area contributed by atoms with Gasteiger partial charge in [-0.3, -0.25) is 0 Å². The number of nitrogens with one attached hydrogen (secondary N) is 2. The van der Waals surface area contributed by atoms with E-state index in [1.54, 1.807) is 0 Å². The number of hydrogen-bond donors (Lipinski definition) is 2. The molecule has 12 heavy (non-hydrogen) atoms. The molecule has 1 saturated heterocycles. The van der Waals surface area contributed by atoms with E-state index in [4.69, 9.17) is 12.2 Å². The van der Waals surface area contributed by atoms with Crippen molar-refractivity contribution < 1.29 is 0 Å². The summed E-state index contributed by atoms with van der Waals surface area (Å²) in [6, 6.07) is 0.0717. The monoisotopic (exact) mass is 176 g/mol. The summed E-state index contributed by atoms with van der Waals surface area (Å²) >= 11 is 4.97. The lowest BCUT2D eigenvalue weighted by atomic mass is 10.2. The van der Waals surface area contributed by atoms with Crippen LogP contribution in [0.2, 0.25) is 0 Å². The fourth-order valence-electron chi connectivity index (χ4n) is 1.16. The van der Waals surface area contributed by atoms with Gasteiger partial charge in [0, 0.05) is 6.42 Å². The predicted molar refractivity (Wildman–Crippen MR) is 52.3 cm³/mol. The van der Waals surface area contributed by atoms with Crippen molar-refractivity contribution in [2.75, 3.05) is 0 Å². The molecule has 0 bridgehead atoms. The maximum Gasteiger partial charge on any atom is 0.171 e. The average Bonchev–Trinajstić information content (AvgIpc) is 2.32. The van der Waals surface area contributed by atoms with Gasteiger partial charge in [-0.25, -0.2) is 0 Å². The van der Waals surface area contributed by atoms with E-state index < -0.39 is 0 Å². The van der Waals surface area contributed by atoms with Crippen LogP contribution in [0.3, 0.4) is 0 Å². The van der Waals surface area contributed by atoms with E-state index in [2.05, 4.69) is 22.5 Å². The summed E-state index contributed by atoms with van der Waals surface area (Å²) in [7, 11) is 0. The molecule has 0 aromatic carbocycles. The van der Waals surface area contributed by atoms with Crippen molar-refractivity contribution >= 4 is 17.3 Å². The standard InChI is InChI=1S/C9H8N2S/c12-9-10-7-5-3-1-2-4-6-8(7)11-9/h1,3,5,8H,2H2,(H2,10,11,12)/b3-1-,7-5?. The molecular weight excluding hydrogens is 168 g/mol. The summed E-state index contributed by atoms with van der Waals surface area (Å²) < 4.78 is 0. The van der Waals surface area contributed by atoms with Crippen molar-refractivity contribution in [3.05, 3.63) is 23.9 Å². The topological polar surface area (TPSA) is 24.1 Å². The maximum absolute atomic E-state index is 4.97. The van der Waals surface area contributed by atoms with E-state index in [1.807, 2.05) is 18.2 Å². The van der Waals surface area contributed by atoms with Crippen LogP contribution in [-0.4, -0.2) is 11.2 Å². The number of fused-ring (bicyclic) bond motifs is 1. The fourth-order valence-corrected chi connectivity index (χ4v) is 1.40. The Morgan fingerprint density at radius 2 is 2.50 bits per heavy atom. The van der Waals surface area contributed by atoms with E-state index in [0.717, 1.165) is 12.1 Å². The normalized spacial score (nSPS) is 27.8. The molecule has 2 N–H and O–H groups in total. The van der Waals surface area contributed by atoms with Crippen LogP contribution in [0.1, 0.15) is 6.42 Å². The van der Waals surface area contributed by atoms with Gasteiger partial charge in [0.25, 0.3) is 0 Å². The maximum atomic E-state index is 4.97. The first kappa shape index (κ1) is 7.38. The summed E-state index contributed by atoms with van der Waals surface area (Å²) in [6.07, 6.45) is 6.84. The van der Waals surface area contributed by atoms with Gasteiger partial charge in [0.05, 0.1) is 5.70 Å². The second kappa shape index (κ2) is 3.00. The molecule has 0 amide bonds. The minimum atomic E-state index is 0.0717. The average molecular weight is 176 g/mol. The smallest absolute Gasteiger partial charge is 0.171 e. The van der Waals surface area contributed by atoms with Crippen molar-refractivity contribution in [3.8, 4) is 11.8 Å². The third-order valence-corrected chi connectivity index (χ3v) is 1.94. The minimum Gasteiger partial charge on any atom is -0.344 e. The first-order valence-electron chi connectivity index (χ1n) is 3.79. The van der Waals surface area contributed by atoms with Gasteiger partial charge >= 0.3 is 0 Å². The van der Waals surface area contributed by atoms with Crippen LogP contribution in [-0.2, 0) is 0 Å². The van der Waals surface area contributed by atoms with Gasteiger partial charge < -0.3 is 10.6 Å². The third kappa shape index (κ3) is 1.34. The Balaban J connectivity index is 2.32. The first-order chi connectivity index (χ1) is 5.86. The number of rotatable bonds is 0. The number of hydrogen-bond acceptors (Lipinski definition) is 1. The Kier molecular flexibility index (Phi) is 1.84. The highest BCUT2D eigenvalue weighted by Gasteiger charge is 2.20. The fraction of sp³-hybridized carbons (Fsp3) is 0.222. The van der Waals surface area contributed by atoms with Crippen LogP contribution >= 0.6 is 12.2 Å². The summed E-state index contributed by atoms with van der Waals surface area (Å²) in [5.41, 5.74) is 1.04. The van der Waals surface area contributed by atoms with Gasteiger partial charge in [0.2, 0.25) is 0 Å². The van der Waals surface area contributed by atoms with E-state index in [9.17, 15) is 0 Å². The van der Waals surface area contributed by atoms with Gasteiger partial charge in [0.1, 0.15) is 6.04 Å². The quantitative estimate of drug-likeness (QED) is 0.419.